The fraction of sp³-hybridized carbons (Fsp3) is 0.583. The molecule has 1 aliphatic rings. The first kappa shape index (κ1) is 11.7. The van der Waals surface area contributed by atoms with Crippen molar-refractivity contribution < 1.29 is 4.74 Å². The molecule has 1 aliphatic heterocycles. The summed E-state index contributed by atoms with van der Waals surface area (Å²) in [4.78, 5) is 6.57. The smallest absolute Gasteiger partial charge is 0.0694 e. The van der Waals surface area contributed by atoms with Crippen molar-refractivity contribution in [1.82, 2.24) is 4.98 Å². The van der Waals surface area contributed by atoms with Crippen molar-refractivity contribution in [2.45, 2.75) is 25.3 Å². The molecule has 2 heterocycles. The lowest BCUT2D eigenvalue weighted by Crippen LogP contribution is -2.53. The van der Waals surface area contributed by atoms with Crippen molar-refractivity contribution in [3.05, 3.63) is 24.0 Å². The Labute approximate surface area is 101 Å². The quantitative estimate of drug-likeness (QED) is 0.743. The summed E-state index contributed by atoms with van der Waals surface area (Å²) in [5.41, 5.74) is 2.13. The summed E-state index contributed by atoms with van der Waals surface area (Å²) in [5.74, 6) is 0.457. The molecule has 0 aliphatic carbocycles. The maximum absolute atomic E-state index is 5.80. The Morgan fingerprint density at radius 2 is 2.38 bits per heavy atom. The highest BCUT2D eigenvalue weighted by atomic mass is 35.5. The van der Waals surface area contributed by atoms with Gasteiger partial charge in [0.15, 0.2) is 0 Å². The maximum atomic E-state index is 5.80. The Balaban J connectivity index is 2.27. The molecule has 0 saturated carbocycles. The van der Waals surface area contributed by atoms with Crippen LogP contribution < -0.4 is 4.90 Å². The van der Waals surface area contributed by atoms with Crippen LogP contribution in [0, 0.1) is 0 Å². The van der Waals surface area contributed by atoms with Crippen LogP contribution in [0.25, 0.3) is 0 Å². The molecule has 16 heavy (non-hydrogen) atoms. The molecule has 1 fully saturated rings. The van der Waals surface area contributed by atoms with Gasteiger partial charge in [0.1, 0.15) is 0 Å². The van der Waals surface area contributed by atoms with Crippen molar-refractivity contribution >= 4 is 17.3 Å². The Kier molecular flexibility index (Phi) is 3.36. The molecule has 3 nitrogen and oxygen atoms in total. The minimum atomic E-state index is 0.0309. The summed E-state index contributed by atoms with van der Waals surface area (Å²) in [5, 5.41) is 0. The Hall–Kier alpha value is -0.800. The van der Waals surface area contributed by atoms with E-state index in [-0.39, 0.29) is 5.54 Å². The first-order chi connectivity index (χ1) is 7.63. The highest BCUT2D eigenvalue weighted by Crippen LogP contribution is 2.27. The Morgan fingerprint density at radius 3 is 3.06 bits per heavy atom. The van der Waals surface area contributed by atoms with Gasteiger partial charge >= 0.3 is 0 Å². The normalized spacial score (nSPS) is 19.8. The maximum Gasteiger partial charge on any atom is 0.0694 e. The van der Waals surface area contributed by atoms with Gasteiger partial charge in [-0.3, -0.25) is 4.98 Å². The number of halogens is 1. The molecule has 0 unspecified atom stereocenters. The minimum Gasteiger partial charge on any atom is -0.377 e. The molecular weight excluding hydrogens is 224 g/mol. The van der Waals surface area contributed by atoms with Gasteiger partial charge in [-0.2, -0.15) is 0 Å². The number of hydrogen-bond acceptors (Lipinski definition) is 3. The van der Waals surface area contributed by atoms with E-state index in [4.69, 9.17) is 16.3 Å². The molecule has 0 bridgehead atoms. The topological polar surface area (TPSA) is 25.4 Å². The lowest BCUT2D eigenvalue weighted by molar-refractivity contribution is 0.0644. The molecule has 0 spiro atoms. The van der Waals surface area contributed by atoms with E-state index in [2.05, 4.69) is 29.8 Å². The highest BCUT2D eigenvalue weighted by Gasteiger charge is 2.30. The third-order valence-electron chi connectivity index (χ3n) is 2.89. The Morgan fingerprint density at radius 1 is 1.56 bits per heavy atom. The largest absolute Gasteiger partial charge is 0.377 e. The average Bonchev–Trinajstić information content (AvgIpc) is 2.28. The van der Waals surface area contributed by atoms with Gasteiger partial charge in [-0.1, -0.05) is 0 Å². The van der Waals surface area contributed by atoms with E-state index >= 15 is 0 Å². The lowest BCUT2D eigenvalue weighted by Gasteiger charge is -2.43. The molecule has 2 rings (SSSR count). The van der Waals surface area contributed by atoms with E-state index < -0.39 is 0 Å². The monoisotopic (exact) mass is 240 g/mol. The number of rotatable bonds is 2. The van der Waals surface area contributed by atoms with E-state index in [1.165, 1.54) is 5.69 Å². The predicted octanol–water partition coefficient (Wildman–Crippen LogP) is 2.44. The third kappa shape index (κ3) is 2.30. The molecule has 1 saturated heterocycles. The molecule has 4 heteroatoms. The van der Waals surface area contributed by atoms with Crippen molar-refractivity contribution in [2.24, 2.45) is 0 Å². The first-order valence-corrected chi connectivity index (χ1v) is 6.03. The molecule has 88 valence electrons. The SMILES string of the molecule is CC1(C)COCCN1c1ccnc(CCl)c1. The van der Waals surface area contributed by atoms with Crippen molar-refractivity contribution in [3.8, 4) is 0 Å². The molecule has 1 aromatic heterocycles. The predicted molar refractivity (Wildman–Crippen MR) is 66.0 cm³/mol. The van der Waals surface area contributed by atoms with Crippen LogP contribution in [0.1, 0.15) is 19.5 Å². The van der Waals surface area contributed by atoms with Gasteiger partial charge in [0, 0.05) is 18.4 Å². The fourth-order valence-electron chi connectivity index (χ4n) is 2.04. The minimum absolute atomic E-state index is 0.0309. The standard InChI is InChI=1S/C12H17ClN2O/c1-12(2)9-16-6-5-15(12)11-3-4-14-10(7-11)8-13/h3-4,7H,5-6,8-9H2,1-2H3. The van der Waals surface area contributed by atoms with Gasteiger partial charge in [-0.05, 0) is 26.0 Å². The van der Waals surface area contributed by atoms with Crippen LogP contribution in [0.2, 0.25) is 0 Å². The number of hydrogen-bond donors (Lipinski definition) is 0. The Bertz CT molecular complexity index is 368. The molecule has 0 atom stereocenters. The van der Waals surface area contributed by atoms with Crippen molar-refractivity contribution in [3.63, 3.8) is 0 Å². The summed E-state index contributed by atoms with van der Waals surface area (Å²) in [7, 11) is 0. The number of aromatic nitrogens is 1. The molecule has 1 aromatic rings. The molecular formula is C12H17ClN2O. The van der Waals surface area contributed by atoms with Crippen LogP contribution in [-0.2, 0) is 10.6 Å². The second-order valence-corrected chi connectivity index (χ2v) is 4.92. The van der Waals surface area contributed by atoms with Gasteiger partial charge in [-0.15, -0.1) is 11.6 Å². The van der Waals surface area contributed by atoms with Gasteiger partial charge < -0.3 is 9.64 Å². The van der Waals surface area contributed by atoms with Crippen LogP contribution in [0.3, 0.4) is 0 Å². The number of anilines is 1. The van der Waals surface area contributed by atoms with Crippen LogP contribution in [0.5, 0.6) is 0 Å². The van der Waals surface area contributed by atoms with Crippen LogP contribution in [0.15, 0.2) is 18.3 Å². The zero-order valence-electron chi connectivity index (χ0n) is 9.74. The lowest BCUT2D eigenvalue weighted by atomic mass is 10.0. The number of alkyl halides is 1. The van der Waals surface area contributed by atoms with Crippen LogP contribution in [-0.4, -0.2) is 30.3 Å². The van der Waals surface area contributed by atoms with Crippen LogP contribution in [0.4, 0.5) is 5.69 Å². The van der Waals surface area contributed by atoms with E-state index in [9.17, 15) is 0 Å². The number of pyridine rings is 1. The van der Waals surface area contributed by atoms with E-state index in [0.29, 0.717) is 5.88 Å². The van der Waals surface area contributed by atoms with E-state index in [0.717, 1.165) is 25.5 Å². The summed E-state index contributed by atoms with van der Waals surface area (Å²) in [6.07, 6.45) is 1.82. The zero-order valence-corrected chi connectivity index (χ0v) is 10.5. The summed E-state index contributed by atoms with van der Waals surface area (Å²) in [6, 6.07) is 4.09. The third-order valence-corrected chi connectivity index (χ3v) is 3.17. The number of ether oxygens (including phenoxy) is 1. The van der Waals surface area contributed by atoms with Gasteiger partial charge in [0.25, 0.3) is 0 Å². The molecule has 0 radical (unpaired) electrons. The summed E-state index contributed by atoms with van der Waals surface area (Å²) >= 11 is 5.80. The number of morpholine rings is 1. The van der Waals surface area contributed by atoms with Gasteiger partial charge in [0.05, 0.1) is 30.3 Å². The van der Waals surface area contributed by atoms with E-state index in [1.54, 1.807) is 0 Å². The fourth-order valence-corrected chi connectivity index (χ4v) is 2.19. The second kappa shape index (κ2) is 4.60. The molecule has 0 N–H and O–H groups in total. The first-order valence-electron chi connectivity index (χ1n) is 5.50. The van der Waals surface area contributed by atoms with Gasteiger partial charge in [0.2, 0.25) is 0 Å². The molecule has 0 amide bonds. The van der Waals surface area contributed by atoms with Crippen molar-refractivity contribution in [2.75, 3.05) is 24.7 Å². The zero-order chi connectivity index (χ0) is 11.6. The highest BCUT2D eigenvalue weighted by molar-refractivity contribution is 6.16. The summed E-state index contributed by atoms with van der Waals surface area (Å²) in [6.45, 7) is 6.83. The second-order valence-electron chi connectivity index (χ2n) is 4.66. The summed E-state index contributed by atoms with van der Waals surface area (Å²) < 4.78 is 5.51. The van der Waals surface area contributed by atoms with Crippen molar-refractivity contribution in [1.29, 1.82) is 0 Å². The van der Waals surface area contributed by atoms with Gasteiger partial charge in [-0.25, -0.2) is 0 Å². The molecule has 0 aromatic carbocycles. The van der Waals surface area contributed by atoms with Crippen LogP contribution >= 0.6 is 11.6 Å². The average molecular weight is 241 g/mol. The number of nitrogens with zero attached hydrogens (tertiary/aromatic N) is 2. The van der Waals surface area contributed by atoms with E-state index in [1.807, 2.05) is 12.3 Å².